The van der Waals surface area contributed by atoms with E-state index in [1.54, 1.807) is 28.9 Å². The fourth-order valence-electron chi connectivity index (χ4n) is 3.12. The highest BCUT2D eigenvalue weighted by molar-refractivity contribution is 8.00. The summed E-state index contributed by atoms with van der Waals surface area (Å²) in [5, 5.41) is 5.20. The lowest BCUT2D eigenvalue weighted by atomic mass is 10.0. The Morgan fingerprint density at radius 1 is 1.23 bits per heavy atom. The highest BCUT2D eigenvalue weighted by atomic mass is 32.2. The summed E-state index contributed by atoms with van der Waals surface area (Å²) in [5.74, 6) is -0.483. The zero-order chi connectivity index (χ0) is 22.1. The van der Waals surface area contributed by atoms with Crippen LogP contribution in [0.4, 0.5) is 0 Å². The number of esters is 1. The molecule has 0 amide bonds. The Bertz CT molecular complexity index is 1400. The summed E-state index contributed by atoms with van der Waals surface area (Å²) in [6.07, 6.45) is 1.94. The lowest BCUT2D eigenvalue weighted by Crippen LogP contribution is -2.08. The van der Waals surface area contributed by atoms with Gasteiger partial charge in [-0.15, -0.1) is 5.10 Å². The van der Waals surface area contributed by atoms with Crippen molar-refractivity contribution >= 4 is 52.3 Å². The molecule has 2 aromatic heterocycles. The van der Waals surface area contributed by atoms with Gasteiger partial charge in [-0.25, -0.2) is 14.3 Å². The first-order valence-electron chi connectivity index (χ1n) is 9.32. The maximum absolute atomic E-state index is 12.6. The van der Waals surface area contributed by atoms with Crippen LogP contribution in [0.3, 0.4) is 0 Å². The number of hydrogen-bond acceptors (Lipinski definition) is 8. The van der Waals surface area contributed by atoms with Crippen LogP contribution in [-0.4, -0.2) is 22.0 Å². The predicted octanol–water partition coefficient (Wildman–Crippen LogP) is 5.47. The molecule has 6 nitrogen and oxygen atoms in total. The molecule has 0 unspecified atom stereocenters. The predicted molar refractivity (Wildman–Crippen MR) is 125 cm³/mol. The van der Waals surface area contributed by atoms with Gasteiger partial charge in [-0.3, -0.25) is 0 Å². The van der Waals surface area contributed by atoms with Crippen molar-refractivity contribution in [2.45, 2.75) is 24.8 Å². The summed E-state index contributed by atoms with van der Waals surface area (Å²) in [4.78, 5) is 24.5. The molecule has 0 N–H and O–H groups in total. The van der Waals surface area contributed by atoms with Crippen molar-refractivity contribution in [2.75, 3.05) is 6.26 Å². The van der Waals surface area contributed by atoms with Gasteiger partial charge < -0.3 is 9.15 Å². The molecule has 2 heterocycles. The van der Waals surface area contributed by atoms with Crippen LogP contribution < -0.4 is 5.63 Å². The van der Waals surface area contributed by atoms with Gasteiger partial charge in [0.2, 0.25) is 0 Å². The number of hydrogen-bond donors (Lipinski definition) is 0. The smallest absolute Gasteiger partial charge is 0.338 e. The van der Waals surface area contributed by atoms with Gasteiger partial charge in [0.1, 0.15) is 12.2 Å². The van der Waals surface area contributed by atoms with Crippen LogP contribution in [0.1, 0.15) is 27.0 Å². The molecular weight excluding hydrogens is 452 g/mol. The molecule has 2 aromatic carbocycles. The molecule has 0 saturated heterocycles. The van der Waals surface area contributed by atoms with Crippen molar-refractivity contribution in [3.63, 3.8) is 0 Å². The third-order valence-corrected chi connectivity index (χ3v) is 7.14. The molecule has 9 heteroatoms. The molecule has 0 radical (unpaired) electrons. The Morgan fingerprint density at radius 3 is 2.65 bits per heavy atom. The van der Waals surface area contributed by atoms with E-state index in [1.165, 1.54) is 29.2 Å². The lowest BCUT2D eigenvalue weighted by Gasteiger charge is -2.10. The molecule has 0 fully saturated rings. The van der Waals surface area contributed by atoms with Gasteiger partial charge in [0.05, 0.1) is 11.3 Å². The molecule has 158 valence electrons. The quantitative estimate of drug-likeness (QED) is 0.166. The van der Waals surface area contributed by atoms with Gasteiger partial charge >= 0.3 is 11.6 Å². The molecule has 0 atom stereocenters. The number of aromatic nitrogens is 2. The Balaban J connectivity index is 1.54. The van der Waals surface area contributed by atoms with Crippen molar-refractivity contribution in [1.29, 1.82) is 0 Å². The minimum absolute atomic E-state index is 0.0284. The zero-order valence-corrected chi connectivity index (χ0v) is 19.5. The fourth-order valence-corrected chi connectivity index (χ4v) is 4.90. The van der Waals surface area contributed by atoms with Crippen LogP contribution in [0.5, 0.6) is 0 Å². The number of rotatable bonds is 5. The third kappa shape index (κ3) is 4.34. The van der Waals surface area contributed by atoms with E-state index in [4.69, 9.17) is 21.4 Å². The second kappa shape index (κ2) is 8.78. The number of carbonyl (C=O) groups excluding carboxylic acids is 1. The Kier molecular flexibility index (Phi) is 6.08. The van der Waals surface area contributed by atoms with E-state index < -0.39 is 11.6 Å². The molecule has 0 spiro atoms. The molecule has 0 bridgehead atoms. The number of carbonyl (C=O) groups is 1. The number of fused-ring (bicyclic) bond motifs is 1. The monoisotopic (exact) mass is 470 g/mol. The van der Waals surface area contributed by atoms with Crippen LogP contribution in [0, 0.1) is 17.8 Å². The van der Waals surface area contributed by atoms with Crippen molar-refractivity contribution in [2.24, 2.45) is 0 Å². The number of aryl methyl sites for hydroxylation is 2. The van der Waals surface area contributed by atoms with Crippen LogP contribution in [0.2, 0.25) is 0 Å². The summed E-state index contributed by atoms with van der Waals surface area (Å²) in [6.45, 7) is 3.82. The molecule has 0 aliphatic heterocycles. The van der Waals surface area contributed by atoms with Crippen molar-refractivity contribution < 1.29 is 13.9 Å². The minimum Gasteiger partial charge on any atom is -0.457 e. The SMILES string of the molecule is CSc1nn(-c2ccc(C(=O)OCc3cc(=O)oc4c(C)c(C)ccc34)cc2)c(=S)s1. The van der Waals surface area contributed by atoms with Crippen molar-refractivity contribution in [3.8, 4) is 5.69 Å². The molecule has 4 rings (SSSR count). The standard InChI is InChI=1S/C22H18N2O4S3/c1-12-4-9-17-15(10-18(25)28-19(17)13(12)2)11-27-20(26)14-5-7-16(8-6-14)24-22(29)31-21(23-24)30-3/h4-10H,11H2,1-3H3. The van der Waals surface area contributed by atoms with E-state index in [-0.39, 0.29) is 6.61 Å². The first kappa shape index (κ1) is 21.5. The van der Waals surface area contributed by atoms with E-state index in [1.807, 2.05) is 32.2 Å². The van der Waals surface area contributed by atoms with E-state index in [2.05, 4.69) is 5.10 Å². The molecule has 31 heavy (non-hydrogen) atoms. The van der Waals surface area contributed by atoms with Gasteiger partial charge in [-0.1, -0.05) is 35.2 Å². The Hall–Kier alpha value is -2.75. The van der Waals surface area contributed by atoms with E-state index in [0.29, 0.717) is 20.7 Å². The summed E-state index contributed by atoms with van der Waals surface area (Å²) in [6, 6.07) is 12.1. The second-order valence-electron chi connectivity index (χ2n) is 6.85. The highest BCUT2D eigenvalue weighted by Gasteiger charge is 2.13. The summed E-state index contributed by atoms with van der Waals surface area (Å²) >= 11 is 8.31. The molecule has 0 aliphatic rings. The minimum atomic E-state index is -0.483. The third-order valence-electron chi connectivity index (χ3n) is 4.93. The topological polar surface area (TPSA) is 74.3 Å². The maximum atomic E-state index is 12.6. The summed E-state index contributed by atoms with van der Waals surface area (Å²) in [7, 11) is 0. The van der Waals surface area contributed by atoms with Gasteiger partial charge in [-0.2, -0.15) is 0 Å². The largest absolute Gasteiger partial charge is 0.457 e. The first-order chi connectivity index (χ1) is 14.9. The van der Waals surface area contributed by atoms with E-state index in [9.17, 15) is 9.59 Å². The maximum Gasteiger partial charge on any atom is 0.338 e. The van der Waals surface area contributed by atoms with Crippen LogP contribution in [-0.2, 0) is 11.3 Å². The fraction of sp³-hybridized carbons (Fsp3) is 0.182. The van der Waals surface area contributed by atoms with Crippen molar-refractivity contribution in [1.82, 2.24) is 9.78 Å². The number of thioether (sulfide) groups is 1. The summed E-state index contributed by atoms with van der Waals surface area (Å²) in [5.41, 5.74) is 3.75. The lowest BCUT2D eigenvalue weighted by molar-refractivity contribution is 0.0474. The van der Waals surface area contributed by atoms with E-state index >= 15 is 0 Å². The second-order valence-corrected chi connectivity index (χ2v) is 9.52. The van der Waals surface area contributed by atoms with Crippen LogP contribution >= 0.6 is 35.3 Å². The Labute approximate surface area is 191 Å². The molecule has 0 saturated carbocycles. The van der Waals surface area contributed by atoms with Gasteiger partial charge in [-0.05, 0) is 67.7 Å². The van der Waals surface area contributed by atoms with Gasteiger partial charge in [0.15, 0.2) is 8.29 Å². The highest BCUT2D eigenvalue weighted by Crippen LogP contribution is 2.24. The summed E-state index contributed by atoms with van der Waals surface area (Å²) < 4.78 is 14.0. The van der Waals surface area contributed by atoms with Crippen molar-refractivity contribution in [3.05, 3.63) is 79.1 Å². The molecular formula is C22H18N2O4S3. The average molecular weight is 471 g/mol. The first-order valence-corrected chi connectivity index (χ1v) is 11.8. The Morgan fingerprint density at radius 2 is 1.97 bits per heavy atom. The van der Waals surface area contributed by atoms with E-state index in [0.717, 1.165) is 26.5 Å². The number of benzene rings is 2. The normalized spacial score (nSPS) is 11.1. The van der Waals surface area contributed by atoms with Crippen LogP contribution in [0.25, 0.3) is 16.7 Å². The number of nitrogens with zero attached hydrogens (tertiary/aromatic N) is 2. The molecule has 4 aromatic rings. The zero-order valence-electron chi connectivity index (χ0n) is 17.0. The van der Waals surface area contributed by atoms with Gasteiger partial charge in [0, 0.05) is 17.0 Å². The van der Waals surface area contributed by atoms with Gasteiger partial charge in [0.25, 0.3) is 0 Å². The molecule has 0 aliphatic carbocycles. The van der Waals surface area contributed by atoms with Crippen LogP contribution in [0.15, 0.2) is 56.0 Å². The average Bonchev–Trinajstić information content (AvgIpc) is 3.15. The number of ether oxygens (including phenoxy) is 1.